The van der Waals surface area contributed by atoms with Gasteiger partial charge in [0.15, 0.2) is 0 Å². The quantitative estimate of drug-likeness (QED) is 0.174. The van der Waals surface area contributed by atoms with Crippen LogP contribution in [0.2, 0.25) is 0 Å². The first-order valence-electron chi connectivity index (χ1n) is 8.69. The van der Waals surface area contributed by atoms with Crippen LogP contribution in [-0.2, 0) is 19.1 Å². The third kappa shape index (κ3) is 12.7. The van der Waals surface area contributed by atoms with Crippen LogP contribution in [0.4, 0.5) is 0 Å². The molecule has 148 valence electrons. The number of hydrogen-bond acceptors (Lipinski definition) is 9. The van der Waals surface area contributed by atoms with E-state index >= 15 is 0 Å². The molecular formula is C16H32N2O7. The van der Waals surface area contributed by atoms with Gasteiger partial charge >= 0.3 is 11.9 Å². The van der Waals surface area contributed by atoms with Gasteiger partial charge in [-0.3, -0.25) is 9.59 Å². The first kappa shape index (κ1) is 23.7. The Morgan fingerprint density at radius 1 is 0.880 bits per heavy atom. The highest BCUT2D eigenvalue weighted by atomic mass is 16.5. The van der Waals surface area contributed by atoms with Crippen molar-refractivity contribution in [1.82, 2.24) is 10.6 Å². The Labute approximate surface area is 148 Å². The largest absolute Gasteiger partial charge is 0.465 e. The highest BCUT2D eigenvalue weighted by Crippen LogP contribution is 2.05. The topological polar surface area (TPSA) is 137 Å². The molecule has 0 aromatic heterocycles. The van der Waals surface area contributed by atoms with Gasteiger partial charge in [-0.05, 0) is 25.9 Å². The lowest BCUT2D eigenvalue weighted by atomic mass is 10.1. The Morgan fingerprint density at radius 3 is 1.92 bits per heavy atom. The van der Waals surface area contributed by atoms with Gasteiger partial charge in [0, 0.05) is 6.42 Å². The smallest absolute Gasteiger partial charge is 0.320 e. The lowest BCUT2D eigenvalue weighted by molar-refractivity contribution is -0.152. The van der Waals surface area contributed by atoms with Crippen molar-refractivity contribution in [2.75, 3.05) is 39.4 Å². The van der Waals surface area contributed by atoms with E-state index in [1.54, 1.807) is 0 Å². The average molecular weight is 364 g/mol. The van der Waals surface area contributed by atoms with E-state index < -0.39 is 36.9 Å². The summed E-state index contributed by atoms with van der Waals surface area (Å²) < 4.78 is 9.70. The van der Waals surface area contributed by atoms with E-state index in [1.165, 1.54) is 0 Å². The third-order valence-electron chi connectivity index (χ3n) is 3.27. The zero-order chi connectivity index (χ0) is 19.1. The van der Waals surface area contributed by atoms with Crippen molar-refractivity contribution < 1.29 is 34.4 Å². The summed E-state index contributed by atoms with van der Waals surface area (Å²) in [5.74, 6) is -1.01. The van der Waals surface area contributed by atoms with Gasteiger partial charge in [-0.1, -0.05) is 13.8 Å². The molecule has 0 saturated carbocycles. The molecule has 0 heterocycles. The minimum Gasteiger partial charge on any atom is -0.465 e. The molecule has 0 bridgehead atoms. The Bertz CT molecular complexity index is 368. The summed E-state index contributed by atoms with van der Waals surface area (Å²) in [7, 11) is 0. The van der Waals surface area contributed by atoms with Gasteiger partial charge < -0.3 is 35.4 Å². The van der Waals surface area contributed by atoms with Gasteiger partial charge in [-0.15, -0.1) is 0 Å². The molecule has 0 saturated heterocycles. The predicted octanol–water partition coefficient (Wildman–Crippen LogP) is -1.46. The molecule has 0 rings (SSSR count). The van der Waals surface area contributed by atoms with Crippen LogP contribution in [0.25, 0.3) is 0 Å². The highest BCUT2D eigenvalue weighted by Gasteiger charge is 2.26. The number of hydrogen-bond donors (Lipinski definition) is 5. The minimum atomic E-state index is -1.51. The Morgan fingerprint density at radius 2 is 1.40 bits per heavy atom. The molecule has 0 aromatic rings. The van der Waals surface area contributed by atoms with E-state index in [9.17, 15) is 24.9 Å². The van der Waals surface area contributed by atoms with Crippen LogP contribution in [0.5, 0.6) is 0 Å². The molecule has 25 heavy (non-hydrogen) atoms. The van der Waals surface area contributed by atoms with E-state index in [1.807, 2.05) is 13.8 Å². The summed E-state index contributed by atoms with van der Waals surface area (Å²) in [6.45, 7) is 4.89. The number of esters is 2. The second-order valence-electron chi connectivity index (χ2n) is 5.67. The number of aliphatic hydroxyl groups excluding tert-OH is 3. The van der Waals surface area contributed by atoms with Crippen LogP contribution < -0.4 is 10.6 Å². The summed E-state index contributed by atoms with van der Waals surface area (Å²) in [6.07, 6.45) is -2.50. The molecule has 0 aliphatic rings. The van der Waals surface area contributed by atoms with E-state index in [4.69, 9.17) is 9.47 Å². The Kier molecular flexibility index (Phi) is 14.3. The summed E-state index contributed by atoms with van der Waals surface area (Å²) in [5, 5.41) is 35.0. The zero-order valence-corrected chi connectivity index (χ0v) is 15.1. The van der Waals surface area contributed by atoms with Crippen LogP contribution >= 0.6 is 0 Å². The van der Waals surface area contributed by atoms with Crippen LogP contribution in [0, 0.1) is 0 Å². The van der Waals surface area contributed by atoms with Crippen LogP contribution in [0.1, 0.15) is 33.1 Å². The van der Waals surface area contributed by atoms with Crippen molar-refractivity contribution in [2.45, 2.75) is 51.4 Å². The van der Waals surface area contributed by atoms with Gasteiger partial charge in [0.25, 0.3) is 0 Å². The van der Waals surface area contributed by atoms with Gasteiger partial charge in [0.05, 0.1) is 25.8 Å². The lowest BCUT2D eigenvalue weighted by Crippen LogP contribution is -2.41. The van der Waals surface area contributed by atoms with Crippen molar-refractivity contribution in [2.24, 2.45) is 0 Å². The molecule has 0 radical (unpaired) electrons. The number of carbonyl (C=O) groups excluding carboxylic acids is 2. The van der Waals surface area contributed by atoms with Crippen molar-refractivity contribution in [3.8, 4) is 0 Å². The molecule has 0 amide bonds. The van der Waals surface area contributed by atoms with E-state index in [0.29, 0.717) is 13.1 Å². The SMILES string of the molecule is CCCNCC(=O)OCCC(O)C(O)C(O)COC(=O)CNCCC. The van der Waals surface area contributed by atoms with Crippen molar-refractivity contribution in [3.63, 3.8) is 0 Å². The molecule has 0 aliphatic heterocycles. The summed E-state index contributed by atoms with van der Waals surface area (Å²) in [6, 6.07) is 0. The van der Waals surface area contributed by atoms with Crippen molar-refractivity contribution in [1.29, 1.82) is 0 Å². The molecular weight excluding hydrogens is 332 g/mol. The first-order chi connectivity index (χ1) is 11.9. The van der Waals surface area contributed by atoms with E-state index in [-0.39, 0.29) is 26.1 Å². The molecule has 9 heteroatoms. The third-order valence-corrected chi connectivity index (χ3v) is 3.27. The summed E-state index contributed by atoms with van der Waals surface area (Å²) in [4.78, 5) is 22.7. The Hall–Kier alpha value is -1.26. The summed E-state index contributed by atoms with van der Waals surface area (Å²) >= 11 is 0. The van der Waals surface area contributed by atoms with Crippen LogP contribution in [0.15, 0.2) is 0 Å². The van der Waals surface area contributed by atoms with E-state index in [2.05, 4.69) is 10.6 Å². The van der Waals surface area contributed by atoms with Crippen LogP contribution in [0.3, 0.4) is 0 Å². The Balaban J connectivity index is 3.89. The molecule has 0 fully saturated rings. The maximum atomic E-state index is 11.4. The second-order valence-corrected chi connectivity index (χ2v) is 5.67. The molecule has 0 spiro atoms. The molecule has 3 atom stereocenters. The molecule has 3 unspecified atom stereocenters. The van der Waals surface area contributed by atoms with Crippen molar-refractivity contribution >= 4 is 11.9 Å². The first-order valence-corrected chi connectivity index (χ1v) is 8.69. The van der Waals surface area contributed by atoms with E-state index in [0.717, 1.165) is 12.8 Å². The number of ether oxygens (including phenoxy) is 2. The fourth-order valence-electron chi connectivity index (χ4n) is 1.83. The number of aliphatic hydroxyl groups is 3. The zero-order valence-electron chi connectivity index (χ0n) is 15.1. The normalized spacial score (nSPS) is 14.6. The molecule has 0 aliphatic carbocycles. The van der Waals surface area contributed by atoms with Crippen molar-refractivity contribution in [3.05, 3.63) is 0 Å². The second kappa shape index (κ2) is 15.0. The maximum Gasteiger partial charge on any atom is 0.320 e. The monoisotopic (exact) mass is 364 g/mol. The predicted molar refractivity (Wildman–Crippen MR) is 90.9 cm³/mol. The van der Waals surface area contributed by atoms with Gasteiger partial charge in [0.1, 0.15) is 18.8 Å². The summed E-state index contributed by atoms with van der Waals surface area (Å²) in [5.41, 5.74) is 0. The molecule has 9 nitrogen and oxygen atoms in total. The minimum absolute atomic E-state index is 0.0151. The van der Waals surface area contributed by atoms with Crippen LogP contribution in [-0.4, -0.2) is 85.0 Å². The van der Waals surface area contributed by atoms with Gasteiger partial charge in [0.2, 0.25) is 0 Å². The maximum absolute atomic E-state index is 11.4. The van der Waals surface area contributed by atoms with Gasteiger partial charge in [-0.25, -0.2) is 0 Å². The number of rotatable bonds is 15. The average Bonchev–Trinajstić information content (AvgIpc) is 2.59. The van der Waals surface area contributed by atoms with Gasteiger partial charge in [-0.2, -0.15) is 0 Å². The fourth-order valence-corrected chi connectivity index (χ4v) is 1.83. The highest BCUT2D eigenvalue weighted by molar-refractivity contribution is 5.71. The molecule has 0 aromatic carbocycles. The number of nitrogens with one attached hydrogen (secondary N) is 2. The standard InChI is InChI=1S/C16H32N2O7/c1-3-6-17-9-14(21)24-8-5-12(19)16(23)13(20)11-25-15(22)10-18-7-4-2/h12-13,16-20,23H,3-11H2,1-2H3. The molecule has 5 N–H and O–H groups in total. The lowest BCUT2D eigenvalue weighted by Gasteiger charge is -2.22. The number of carbonyl (C=O) groups is 2. The fraction of sp³-hybridized carbons (Fsp3) is 0.875.